The van der Waals surface area contributed by atoms with Crippen LogP contribution in [0.5, 0.6) is 5.75 Å². The third-order valence-corrected chi connectivity index (χ3v) is 3.99. The molecular formula is C20H20N2O2S. The predicted molar refractivity (Wildman–Crippen MR) is 105 cm³/mol. The van der Waals surface area contributed by atoms with Crippen LogP contribution in [-0.4, -0.2) is 17.1 Å². The number of benzene rings is 2. The quantitative estimate of drug-likeness (QED) is 0.666. The minimum atomic E-state index is -0.155. The lowest BCUT2D eigenvalue weighted by molar-refractivity contribution is -0.113. The summed E-state index contributed by atoms with van der Waals surface area (Å²) < 4.78 is 5.63. The minimum Gasteiger partial charge on any atom is -0.491 e. The molecule has 25 heavy (non-hydrogen) atoms. The van der Waals surface area contributed by atoms with E-state index < -0.39 is 0 Å². The second kappa shape index (κ2) is 7.07. The van der Waals surface area contributed by atoms with Crippen LogP contribution in [0.3, 0.4) is 0 Å². The molecule has 5 heteroatoms. The van der Waals surface area contributed by atoms with Gasteiger partial charge in [0.1, 0.15) is 11.4 Å². The van der Waals surface area contributed by atoms with E-state index in [0.717, 1.165) is 22.6 Å². The average molecular weight is 352 g/mol. The average Bonchev–Trinajstić information content (AvgIpc) is 2.83. The van der Waals surface area contributed by atoms with Crippen molar-refractivity contribution in [3.05, 3.63) is 65.4 Å². The maximum atomic E-state index is 12.7. The molecule has 2 aromatic rings. The summed E-state index contributed by atoms with van der Waals surface area (Å²) in [6.45, 7) is 5.95. The van der Waals surface area contributed by atoms with Crippen molar-refractivity contribution in [3.63, 3.8) is 0 Å². The molecule has 0 aromatic heterocycles. The first kappa shape index (κ1) is 17.2. The van der Waals surface area contributed by atoms with E-state index in [2.05, 4.69) is 5.32 Å². The number of nitrogens with one attached hydrogen (secondary N) is 1. The van der Waals surface area contributed by atoms with E-state index in [4.69, 9.17) is 17.0 Å². The Bertz CT molecular complexity index is 841. The van der Waals surface area contributed by atoms with Gasteiger partial charge in [0.05, 0.1) is 11.8 Å². The number of carbonyl (C=O) groups is 1. The van der Waals surface area contributed by atoms with Gasteiger partial charge < -0.3 is 10.1 Å². The number of rotatable bonds is 4. The van der Waals surface area contributed by atoms with Crippen LogP contribution in [-0.2, 0) is 4.79 Å². The largest absolute Gasteiger partial charge is 0.491 e. The van der Waals surface area contributed by atoms with E-state index in [9.17, 15) is 4.79 Å². The zero-order valence-corrected chi connectivity index (χ0v) is 15.3. The smallest absolute Gasteiger partial charge is 0.281 e. The predicted octanol–water partition coefficient (Wildman–Crippen LogP) is 4.04. The lowest BCUT2D eigenvalue weighted by Crippen LogP contribution is -2.30. The molecule has 0 unspecified atom stereocenters. The van der Waals surface area contributed by atoms with E-state index in [1.165, 1.54) is 4.90 Å². The SMILES string of the molecule is Cc1cccc(N2C(=O)/C(=C\c3ccc(OC(C)C)cc3)NC2=S)c1. The molecule has 1 heterocycles. The summed E-state index contributed by atoms with van der Waals surface area (Å²) in [5.74, 6) is 0.651. The Balaban J connectivity index is 1.83. The van der Waals surface area contributed by atoms with Gasteiger partial charge in [0, 0.05) is 0 Å². The molecule has 1 fully saturated rings. The molecule has 0 aliphatic carbocycles. The Kier molecular flexibility index (Phi) is 4.86. The van der Waals surface area contributed by atoms with Crippen LogP contribution < -0.4 is 15.0 Å². The maximum absolute atomic E-state index is 12.7. The Morgan fingerprint density at radius 1 is 1.16 bits per heavy atom. The van der Waals surface area contributed by atoms with Crippen molar-refractivity contribution in [3.8, 4) is 5.75 Å². The van der Waals surface area contributed by atoms with E-state index in [0.29, 0.717) is 10.8 Å². The highest BCUT2D eigenvalue weighted by molar-refractivity contribution is 7.80. The lowest BCUT2D eigenvalue weighted by atomic mass is 10.1. The van der Waals surface area contributed by atoms with Crippen LogP contribution in [0.2, 0.25) is 0 Å². The number of hydrogen-bond donors (Lipinski definition) is 1. The van der Waals surface area contributed by atoms with Crippen molar-refractivity contribution in [2.75, 3.05) is 4.90 Å². The summed E-state index contributed by atoms with van der Waals surface area (Å²) in [7, 11) is 0. The van der Waals surface area contributed by atoms with Crippen LogP contribution in [0.15, 0.2) is 54.2 Å². The van der Waals surface area contributed by atoms with Gasteiger partial charge in [-0.1, -0.05) is 24.3 Å². The Morgan fingerprint density at radius 3 is 2.52 bits per heavy atom. The van der Waals surface area contributed by atoms with Crippen LogP contribution >= 0.6 is 12.2 Å². The first-order chi connectivity index (χ1) is 11.9. The summed E-state index contributed by atoms with van der Waals surface area (Å²) in [6.07, 6.45) is 1.92. The highest BCUT2D eigenvalue weighted by Gasteiger charge is 2.31. The Labute approximate surface area is 153 Å². The zero-order valence-electron chi connectivity index (χ0n) is 14.4. The standard InChI is InChI=1S/C20H20N2O2S/c1-13(2)24-17-9-7-15(8-10-17)12-18-19(23)22(20(25)21-18)16-6-4-5-14(3)11-16/h4-13H,1-3H3,(H,21,25)/b18-12+. The molecule has 3 rings (SSSR count). The topological polar surface area (TPSA) is 41.6 Å². The summed E-state index contributed by atoms with van der Waals surface area (Å²) in [5, 5.41) is 3.40. The highest BCUT2D eigenvalue weighted by atomic mass is 32.1. The number of nitrogens with zero attached hydrogens (tertiary/aromatic N) is 1. The minimum absolute atomic E-state index is 0.127. The third-order valence-electron chi connectivity index (χ3n) is 3.70. The van der Waals surface area contributed by atoms with E-state index >= 15 is 0 Å². The number of aryl methyl sites for hydroxylation is 1. The van der Waals surface area contributed by atoms with E-state index in [1.54, 1.807) is 6.08 Å². The summed E-state index contributed by atoms with van der Waals surface area (Å²) >= 11 is 5.34. The van der Waals surface area contributed by atoms with Crippen molar-refractivity contribution in [1.82, 2.24) is 5.32 Å². The fraction of sp³-hybridized carbons (Fsp3) is 0.200. The molecule has 0 radical (unpaired) electrons. The van der Waals surface area contributed by atoms with E-state index in [-0.39, 0.29) is 12.0 Å². The van der Waals surface area contributed by atoms with Gasteiger partial charge in [-0.05, 0) is 74.5 Å². The summed E-state index contributed by atoms with van der Waals surface area (Å²) in [5.41, 5.74) is 3.21. The second-order valence-corrected chi connectivity index (χ2v) is 6.59. The third kappa shape index (κ3) is 3.88. The van der Waals surface area contributed by atoms with Crippen molar-refractivity contribution < 1.29 is 9.53 Å². The monoisotopic (exact) mass is 352 g/mol. The molecule has 0 saturated carbocycles. The molecular weight excluding hydrogens is 332 g/mol. The van der Waals surface area contributed by atoms with Crippen molar-refractivity contribution >= 4 is 35.0 Å². The summed E-state index contributed by atoms with van der Waals surface area (Å²) in [6, 6.07) is 15.3. The van der Waals surface area contributed by atoms with Gasteiger partial charge in [0.25, 0.3) is 5.91 Å². The van der Waals surface area contributed by atoms with Crippen LogP contribution in [0.1, 0.15) is 25.0 Å². The maximum Gasteiger partial charge on any atom is 0.281 e. The number of hydrogen-bond acceptors (Lipinski definition) is 3. The first-order valence-electron chi connectivity index (χ1n) is 8.14. The van der Waals surface area contributed by atoms with Crippen molar-refractivity contribution in [1.29, 1.82) is 0 Å². The molecule has 1 saturated heterocycles. The van der Waals surface area contributed by atoms with Gasteiger partial charge in [-0.2, -0.15) is 0 Å². The molecule has 4 nitrogen and oxygen atoms in total. The Hall–Kier alpha value is -2.66. The van der Waals surface area contributed by atoms with E-state index in [1.807, 2.05) is 69.3 Å². The molecule has 2 aromatic carbocycles. The molecule has 1 amide bonds. The number of thiocarbonyl (C=S) groups is 1. The Morgan fingerprint density at radius 2 is 1.88 bits per heavy atom. The molecule has 0 bridgehead atoms. The highest BCUT2D eigenvalue weighted by Crippen LogP contribution is 2.24. The fourth-order valence-corrected chi connectivity index (χ4v) is 2.92. The molecule has 128 valence electrons. The van der Waals surface area contributed by atoms with Gasteiger partial charge in [0.2, 0.25) is 0 Å². The molecule has 1 aliphatic heterocycles. The number of anilines is 1. The van der Waals surface area contributed by atoms with Crippen LogP contribution in [0.4, 0.5) is 5.69 Å². The number of amides is 1. The van der Waals surface area contributed by atoms with Gasteiger partial charge in [0.15, 0.2) is 5.11 Å². The zero-order chi connectivity index (χ0) is 18.0. The molecule has 0 atom stereocenters. The van der Waals surface area contributed by atoms with Crippen molar-refractivity contribution in [2.45, 2.75) is 26.9 Å². The number of carbonyl (C=O) groups excluding carboxylic acids is 1. The van der Waals surface area contributed by atoms with Crippen LogP contribution in [0.25, 0.3) is 6.08 Å². The number of ether oxygens (including phenoxy) is 1. The van der Waals surface area contributed by atoms with Crippen LogP contribution in [0, 0.1) is 6.92 Å². The van der Waals surface area contributed by atoms with Gasteiger partial charge >= 0.3 is 0 Å². The molecule has 0 spiro atoms. The molecule has 1 aliphatic rings. The van der Waals surface area contributed by atoms with Crippen molar-refractivity contribution in [2.24, 2.45) is 0 Å². The van der Waals surface area contributed by atoms with Gasteiger partial charge in [-0.3, -0.25) is 9.69 Å². The lowest BCUT2D eigenvalue weighted by Gasteiger charge is -2.14. The van der Waals surface area contributed by atoms with Gasteiger partial charge in [-0.15, -0.1) is 0 Å². The fourth-order valence-electron chi connectivity index (χ4n) is 2.62. The second-order valence-electron chi connectivity index (χ2n) is 6.20. The summed E-state index contributed by atoms with van der Waals surface area (Å²) in [4.78, 5) is 14.2. The van der Waals surface area contributed by atoms with Gasteiger partial charge in [-0.25, -0.2) is 0 Å². The first-order valence-corrected chi connectivity index (χ1v) is 8.55. The normalized spacial score (nSPS) is 15.8. The molecule has 1 N–H and O–H groups in total.